The van der Waals surface area contributed by atoms with Gasteiger partial charge < -0.3 is 34.5 Å². The van der Waals surface area contributed by atoms with E-state index in [9.17, 15) is 35.9 Å². The number of aryl methyl sites for hydroxylation is 1. The third-order valence-corrected chi connectivity index (χ3v) is 5.64. The predicted molar refractivity (Wildman–Crippen MR) is 128 cm³/mol. The molecule has 0 radical (unpaired) electrons. The molecule has 0 saturated carbocycles. The van der Waals surface area contributed by atoms with Gasteiger partial charge >= 0.3 is 24.3 Å². The molecule has 2 aliphatic rings. The first-order valence-corrected chi connectivity index (χ1v) is 12.0. The van der Waals surface area contributed by atoms with E-state index in [0.29, 0.717) is 65.4 Å². The Hall–Kier alpha value is -3.38. The molecular formula is C23H32F6N4O8. The van der Waals surface area contributed by atoms with Crippen LogP contribution in [0.15, 0.2) is 18.3 Å². The van der Waals surface area contributed by atoms with E-state index in [2.05, 4.69) is 9.88 Å². The fourth-order valence-corrected chi connectivity index (χ4v) is 3.62. The van der Waals surface area contributed by atoms with Gasteiger partial charge in [0.05, 0.1) is 32.9 Å². The number of carbonyl (C=O) groups is 4. The molecule has 2 saturated heterocycles. The predicted octanol–water partition coefficient (Wildman–Crippen LogP) is 1.23. The molecule has 1 atom stereocenters. The molecule has 2 fully saturated rings. The van der Waals surface area contributed by atoms with E-state index < -0.39 is 29.9 Å². The van der Waals surface area contributed by atoms with E-state index in [-0.39, 0.29) is 11.8 Å². The van der Waals surface area contributed by atoms with Gasteiger partial charge in [0.15, 0.2) is 0 Å². The number of nitrogens with zero attached hydrogens (tertiary/aromatic N) is 3. The number of H-pyrrole nitrogens is 1. The topological polar surface area (TPSA) is 153 Å². The van der Waals surface area contributed by atoms with Crippen molar-refractivity contribution in [3.63, 3.8) is 0 Å². The van der Waals surface area contributed by atoms with Crippen molar-refractivity contribution in [2.24, 2.45) is 0 Å². The largest absolute Gasteiger partial charge is 0.490 e. The lowest BCUT2D eigenvalue weighted by molar-refractivity contribution is -0.193. The summed E-state index contributed by atoms with van der Waals surface area (Å²) in [5, 5.41) is 14.2. The maximum Gasteiger partial charge on any atom is 0.490 e. The van der Waals surface area contributed by atoms with Crippen molar-refractivity contribution in [2.75, 3.05) is 66.6 Å². The number of aliphatic carboxylic acids is 2. The zero-order valence-electron chi connectivity index (χ0n) is 22.3. The van der Waals surface area contributed by atoms with Gasteiger partial charge in [0.2, 0.25) is 11.8 Å². The van der Waals surface area contributed by atoms with Crippen molar-refractivity contribution in [1.82, 2.24) is 19.7 Å². The van der Waals surface area contributed by atoms with Gasteiger partial charge in [0, 0.05) is 52.0 Å². The summed E-state index contributed by atoms with van der Waals surface area (Å²) in [5.74, 6) is -5.32. The van der Waals surface area contributed by atoms with Gasteiger partial charge in [-0.1, -0.05) is 0 Å². The zero-order chi connectivity index (χ0) is 31.4. The molecule has 18 heteroatoms. The van der Waals surface area contributed by atoms with Crippen molar-refractivity contribution < 1.29 is 65.2 Å². The highest BCUT2D eigenvalue weighted by Gasteiger charge is 2.42. The lowest BCUT2D eigenvalue weighted by Gasteiger charge is -2.43. The Morgan fingerprint density at radius 2 is 1.59 bits per heavy atom. The lowest BCUT2D eigenvalue weighted by Crippen LogP contribution is -2.60. The molecule has 3 rings (SSSR count). The van der Waals surface area contributed by atoms with Crippen LogP contribution in [0.25, 0.3) is 0 Å². The Morgan fingerprint density at radius 3 is 2.07 bits per heavy atom. The Morgan fingerprint density at radius 1 is 1.00 bits per heavy atom. The Bertz CT molecular complexity index is 979. The number of hydrogen-bond donors (Lipinski definition) is 3. The first kappa shape index (κ1) is 35.6. The summed E-state index contributed by atoms with van der Waals surface area (Å²) in [7, 11) is 3.52. The first-order valence-electron chi connectivity index (χ1n) is 12.0. The van der Waals surface area contributed by atoms with Gasteiger partial charge in [0.25, 0.3) is 0 Å². The smallest absolute Gasteiger partial charge is 0.475 e. The van der Waals surface area contributed by atoms with Gasteiger partial charge in [0.1, 0.15) is 5.60 Å². The Kier molecular flexibility index (Phi) is 13.5. The van der Waals surface area contributed by atoms with Crippen molar-refractivity contribution in [3.8, 4) is 0 Å². The van der Waals surface area contributed by atoms with Crippen molar-refractivity contribution in [3.05, 3.63) is 24.0 Å². The average Bonchev–Trinajstić information content (AvgIpc) is 3.31. The van der Waals surface area contributed by atoms with E-state index in [0.717, 1.165) is 5.69 Å². The highest BCUT2D eigenvalue weighted by molar-refractivity contribution is 5.78. The van der Waals surface area contributed by atoms with Gasteiger partial charge in [-0.15, -0.1) is 0 Å². The molecule has 3 N–H and O–H groups in total. The number of alkyl halides is 6. The van der Waals surface area contributed by atoms with Crippen LogP contribution in [0.4, 0.5) is 26.3 Å². The second-order valence-electron chi connectivity index (χ2n) is 9.20. The van der Waals surface area contributed by atoms with Crippen molar-refractivity contribution in [1.29, 1.82) is 0 Å². The number of carboxylic acids is 2. The van der Waals surface area contributed by atoms with Crippen LogP contribution in [0.3, 0.4) is 0 Å². The van der Waals surface area contributed by atoms with E-state index in [1.54, 1.807) is 19.0 Å². The molecule has 12 nitrogen and oxygen atoms in total. The molecule has 1 aromatic heterocycles. The molecule has 0 aromatic carbocycles. The Labute approximate surface area is 230 Å². The number of nitrogens with one attached hydrogen (secondary N) is 1. The van der Waals surface area contributed by atoms with Crippen LogP contribution < -0.4 is 0 Å². The summed E-state index contributed by atoms with van der Waals surface area (Å²) in [4.78, 5) is 51.3. The van der Waals surface area contributed by atoms with E-state index in [1.165, 1.54) is 0 Å². The molecule has 1 spiro atoms. The van der Waals surface area contributed by atoms with E-state index in [4.69, 9.17) is 29.3 Å². The van der Waals surface area contributed by atoms with Gasteiger partial charge in [-0.3, -0.25) is 14.5 Å². The summed E-state index contributed by atoms with van der Waals surface area (Å²) in [6.45, 7) is 4.21. The number of hydrogen-bond acceptors (Lipinski definition) is 7. The van der Waals surface area contributed by atoms with Crippen LogP contribution in [-0.4, -0.2) is 138 Å². The van der Waals surface area contributed by atoms with Crippen LogP contribution >= 0.6 is 0 Å². The van der Waals surface area contributed by atoms with Gasteiger partial charge in [-0.2, -0.15) is 26.3 Å². The number of likely N-dealkylation sites (N-methyl/N-ethyl adjacent to an activating group) is 1. The molecule has 0 bridgehead atoms. The number of aromatic nitrogens is 1. The molecule has 1 aromatic rings. The molecule has 2 aliphatic heterocycles. The van der Waals surface area contributed by atoms with Crippen LogP contribution in [0.1, 0.15) is 12.1 Å². The second kappa shape index (κ2) is 15.6. The van der Waals surface area contributed by atoms with Crippen LogP contribution in [0.2, 0.25) is 0 Å². The standard InChI is InChI=1S/C19H30N4O4.2C2HF3O2/c1-21(2)18(25)12-22-8-10-26-15-19(13-22)14-23(9-11-27-19)17(24)6-5-16-4-3-7-20-16;2*3-2(4,5)1(6)7/h3-4,7,20H,5-6,8-15H2,1-2H3;2*(H,6,7). The maximum absolute atomic E-state index is 12.7. The quantitative estimate of drug-likeness (QED) is 0.421. The third kappa shape index (κ3) is 13.2. The summed E-state index contributed by atoms with van der Waals surface area (Å²) >= 11 is 0. The van der Waals surface area contributed by atoms with Crippen molar-refractivity contribution >= 4 is 23.8 Å². The van der Waals surface area contributed by atoms with Crippen LogP contribution in [-0.2, 0) is 35.1 Å². The van der Waals surface area contributed by atoms with Gasteiger partial charge in [-0.25, -0.2) is 9.59 Å². The number of amides is 2. The fourth-order valence-electron chi connectivity index (χ4n) is 3.62. The van der Waals surface area contributed by atoms with Crippen LogP contribution in [0.5, 0.6) is 0 Å². The first-order chi connectivity index (χ1) is 18.9. The number of halogens is 6. The summed E-state index contributed by atoms with van der Waals surface area (Å²) in [6.07, 6.45) is -7.12. The zero-order valence-corrected chi connectivity index (χ0v) is 22.3. The molecule has 3 heterocycles. The highest BCUT2D eigenvalue weighted by Crippen LogP contribution is 2.23. The number of morpholine rings is 1. The lowest BCUT2D eigenvalue weighted by atomic mass is 10.0. The number of ether oxygens (including phenoxy) is 2. The fraction of sp³-hybridized carbons (Fsp3) is 0.652. The number of aromatic amines is 1. The SMILES string of the molecule is CN(C)C(=O)CN1CCOCC2(C1)CN(C(=O)CCc1ccc[nH]1)CCO2.O=C(O)C(F)(F)F.O=C(O)C(F)(F)F. The molecule has 41 heavy (non-hydrogen) atoms. The average molecular weight is 607 g/mol. The van der Waals surface area contributed by atoms with Gasteiger partial charge in [-0.05, 0) is 18.6 Å². The minimum absolute atomic E-state index is 0.0572. The number of rotatable bonds is 5. The highest BCUT2D eigenvalue weighted by atomic mass is 19.4. The minimum atomic E-state index is -5.08. The number of carboxylic acid groups (broad SMARTS) is 2. The van der Waals surface area contributed by atoms with E-state index >= 15 is 0 Å². The molecular weight excluding hydrogens is 574 g/mol. The summed E-state index contributed by atoms with van der Waals surface area (Å²) in [5.41, 5.74) is 0.501. The molecule has 234 valence electrons. The second-order valence-corrected chi connectivity index (χ2v) is 9.20. The summed E-state index contributed by atoms with van der Waals surface area (Å²) < 4.78 is 75.3. The van der Waals surface area contributed by atoms with E-state index in [1.807, 2.05) is 23.2 Å². The Balaban J connectivity index is 0.000000497. The normalized spacial score (nSPS) is 19.7. The number of carbonyl (C=O) groups excluding carboxylic acids is 2. The maximum atomic E-state index is 12.7. The molecule has 1 unspecified atom stereocenters. The van der Waals surface area contributed by atoms with Crippen LogP contribution in [0, 0.1) is 0 Å². The minimum Gasteiger partial charge on any atom is -0.475 e. The third-order valence-electron chi connectivity index (χ3n) is 5.64. The molecule has 0 aliphatic carbocycles. The van der Waals surface area contributed by atoms with Crippen molar-refractivity contribution in [2.45, 2.75) is 30.8 Å². The summed E-state index contributed by atoms with van der Waals surface area (Å²) in [6, 6.07) is 3.93. The molecule has 2 amide bonds. The monoisotopic (exact) mass is 606 g/mol.